The number of nitrogens with two attached hydrogens (primary N) is 1. The fourth-order valence-electron chi connectivity index (χ4n) is 3.34. The van der Waals surface area contributed by atoms with Crippen LogP contribution >= 0.6 is 11.8 Å². The second-order valence-corrected chi connectivity index (χ2v) is 10.3. The Balaban J connectivity index is 1.37. The van der Waals surface area contributed by atoms with Crippen LogP contribution in [0.2, 0.25) is 0 Å². The molecule has 9 heteroatoms. The maximum atomic E-state index is 12.8. The average molecular weight is 477 g/mol. The summed E-state index contributed by atoms with van der Waals surface area (Å²) in [7, 11) is 0. The first-order chi connectivity index (χ1) is 16.2. The maximum absolute atomic E-state index is 12.8. The molecule has 2 aromatic heterocycles. The second-order valence-electron chi connectivity index (χ2n) is 8.96. The summed E-state index contributed by atoms with van der Waals surface area (Å²) in [5.74, 6) is 7.20. The SMILES string of the molecule is CC(Sc1nnc(COc2ccc(C(C)(C)C)cc2)n1N)C(=O)Nc1cccc2ncccc12. The minimum atomic E-state index is -0.447. The van der Waals surface area contributed by atoms with E-state index in [0.717, 1.165) is 16.7 Å². The summed E-state index contributed by atoms with van der Waals surface area (Å²) in [6.45, 7) is 8.46. The highest BCUT2D eigenvalue weighted by Gasteiger charge is 2.20. The second kappa shape index (κ2) is 9.72. The minimum absolute atomic E-state index is 0.0789. The van der Waals surface area contributed by atoms with E-state index in [4.69, 9.17) is 10.6 Å². The summed E-state index contributed by atoms with van der Waals surface area (Å²) in [4.78, 5) is 17.1. The van der Waals surface area contributed by atoms with Crippen LogP contribution in [0.3, 0.4) is 0 Å². The van der Waals surface area contributed by atoms with E-state index in [9.17, 15) is 4.79 Å². The molecule has 0 bridgehead atoms. The van der Waals surface area contributed by atoms with Gasteiger partial charge in [-0.2, -0.15) is 0 Å². The predicted octanol–water partition coefficient (Wildman–Crippen LogP) is 4.54. The van der Waals surface area contributed by atoms with E-state index < -0.39 is 5.25 Å². The third-order valence-electron chi connectivity index (χ3n) is 5.38. The number of anilines is 1. The maximum Gasteiger partial charge on any atom is 0.237 e. The molecule has 0 aliphatic rings. The number of thioether (sulfide) groups is 1. The molecule has 1 amide bonds. The summed E-state index contributed by atoms with van der Waals surface area (Å²) >= 11 is 1.23. The fourth-order valence-corrected chi connectivity index (χ4v) is 4.13. The van der Waals surface area contributed by atoms with Gasteiger partial charge in [0.2, 0.25) is 11.1 Å². The smallest absolute Gasteiger partial charge is 0.237 e. The van der Waals surface area contributed by atoms with Crippen molar-refractivity contribution in [1.29, 1.82) is 0 Å². The molecule has 0 radical (unpaired) electrons. The summed E-state index contributed by atoms with van der Waals surface area (Å²) in [5.41, 5.74) is 2.84. The van der Waals surface area contributed by atoms with E-state index in [1.54, 1.807) is 13.1 Å². The number of carbonyl (C=O) groups excluding carboxylic acids is 1. The molecule has 0 spiro atoms. The Morgan fingerprint density at radius 1 is 1.12 bits per heavy atom. The number of aromatic nitrogens is 4. The minimum Gasteiger partial charge on any atom is -0.486 e. The zero-order valence-corrected chi connectivity index (χ0v) is 20.5. The molecule has 0 aliphatic carbocycles. The number of nitrogen functional groups attached to an aromatic ring is 1. The molecular formula is C25H28N6O2S. The van der Waals surface area contributed by atoms with Gasteiger partial charge in [0.25, 0.3) is 0 Å². The van der Waals surface area contributed by atoms with Crippen molar-refractivity contribution in [3.8, 4) is 5.75 Å². The molecular weight excluding hydrogens is 448 g/mol. The lowest BCUT2D eigenvalue weighted by atomic mass is 9.87. The Kier molecular flexibility index (Phi) is 6.74. The zero-order chi connectivity index (χ0) is 24.3. The van der Waals surface area contributed by atoms with Crippen molar-refractivity contribution in [3.63, 3.8) is 0 Å². The first-order valence-electron chi connectivity index (χ1n) is 11.0. The first-order valence-corrected chi connectivity index (χ1v) is 11.8. The highest BCUT2D eigenvalue weighted by Crippen LogP contribution is 2.26. The van der Waals surface area contributed by atoms with E-state index in [1.807, 2.05) is 42.5 Å². The molecule has 0 aliphatic heterocycles. The molecule has 4 aromatic rings. The molecule has 4 rings (SSSR count). The van der Waals surface area contributed by atoms with Crippen molar-refractivity contribution in [1.82, 2.24) is 19.9 Å². The number of amides is 1. The van der Waals surface area contributed by atoms with Crippen LogP contribution in [0.25, 0.3) is 10.9 Å². The standard InChI is InChI=1S/C25H28N6O2S/c1-16(23(32)28-21-9-5-8-20-19(21)7-6-14-27-20)34-24-30-29-22(31(24)26)15-33-18-12-10-17(11-13-18)25(2,3)4/h5-14,16H,15,26H2,1-4H3,(H,28,32). The Hall–Kier alpha value is -3.59. The Morgan fingerprint density at radius 3 is 2.62 bits per heavy atom. The van der Waals surface area contributed by atoms with Crippen LogP contribution in [0.15, 0.2) is 66.0 Å². The number of ether oxygens (including phenoxy) is 1. The molecule has 0 fully saturated rings. The van der Waals surface area contributed by atoms with E-state index in [0.29, 0.717) is 16.7 Å². The summed E-state index contributed by atoms with van der Waals surface area (Å²) < 4.78 is 7.19. The number of hydrogen-bond acceptors (Lipinski definition) is 7. The van der Waals surface area contributed by atoms with Crippen LogP contribution in [0.1, 0.15) is 39.1 Å². The third-order valence-corrected chi connectivity index (χ3v) is 6.44. The highest BCUT2D eigenvalue weighted by atomic mass is 32.2. The summed E-state index contributed by atoms with van der Waals surface area (Å²) in [5, 5.41) is 12.1. The van der Waals surface area contributed by atoms with Crippen LogP contribution in [0.4, 0.5) is 5.69 Å². The van der Waals surface area contributed by atoms with Crippen molar-refractivity contribution in [2.24, 2.45) is 0 Å². The van der Waals surface area contributed by atoms with Crippen LogP contribution in [-0.2, 0) is 16.8 Å². The molecule has 2 heterocycles. The lowest BCUT2D eigenvalue weighted by Gasteiger charge is -2.19. The lowest BCUT2D eigenvalue weighted by Crippen LogP contribution is -2.24. The number of benzene rings is 2. The number of pyridine rings is 1. The number of rotatable bonds is 7. The average Bonchev–Trinajstić information content (AvgIpc) is 3.16. The molecule has 8 nitrogen and oxygen atoms in total. The summed E-state index contributed by atoms with van der Waals surface area (Å²) in [6.07, 6.45) is 1.72. The van der Waals surface area contributed by atoms with Gasteiger partial charge in [-0.25, -0.2) is 4.68 Å². The number of nitrogens with one attached hydrogen (secondary N) is 1. The molecule has 3 N–H and O–H groups in total. The zero-order valence-electron chi connectivity index (χ0n) is 19.6. The normalized spacial score (nSPS) is 12.5. The molecule has 2 aromatic carbocycles. The monoisotopic (exact) mass is 476 g/mol. The largest absolute Gasteiger partial charge is 0.486 e. The number of hydrogen-bond donors (Lipinski definition) is 2. The van der Waals surface area contributed by atoms with Crippen LogP contribution < -0.4 is 15.9 Å². The number of fused-ring (bicyclic) bond motifs is 1. The van der Waals surface area contributed by atoms with Gasteiger partial charge in [-0.3, -0.25) is 9.78 Å². The van der Waals surface area contributed by atoms with E-state index in [2.05, 4.69) is 53.4 Å². The Morgan fingerprint density at radius 2 is 1.88 bits per heavy atom. The van der Waals surface area contributed by atoms with Gasteiger partial charge in [-0.1, -0.05) is 50.7 Å². The molecule has 0 saturated heterocycles. The molecule has 1 atom stereocenters. The van der Waals surface area contributed by atoms with Gasteiger partial charge < -0.3 is 15.9 Å². The van der Waals surface area contributed by atoms with E-state index in [1.165, 1.54) is 22.0 Å². The van der Waals surface area contributed by atoms with Gasteiger partial charge >= 0.3 is 0 Å². The molecule has 34 heavy (non-hydrogen) atoms. The third kappa shape index (κ3) is 5.31. The van der Waals surface area contributed by atoms with Gasteiger partial charge in [-0.05, 0) is 54.3 Å². The van der Waals surface area contributed by atoms with Crippen molar-refractivity contribution >= 4 is 34.3 Å². The van der Waals surface area contributed by atoms with E-state index in [-0.39, 0.29) is 17.9 Å². The van der Waals surface area contributed by atoms with E-state index >= 15 is 0 Å². The van der Waals surface area contributed by atoms with Gasteiger partial charge in [0, 0.05) is 11.6 Å². The Bertz CT molecular complexity index is 1290. The fraction of sp³-hybridized carbons (Fsp3) is 0.280. The number of carbonyl (C=O) groups is 1. The number of nitrogens with zero attached hydrogens (tertiary/aromatic N) is 4. The lowest BCUT2D eigenvalue weighted by molar-refractivity contribution is -0.115. The first kappa shape index (κ1) is 23.6. The molecule has 0 saturated carbocycles. The predicted molar refractivity (Wildman–Crippen MR) is 135 cm³/mol. The van der Waals surface area contributed by atoms with Crippen LogP contribution in [0.5, 0.6) is 5.75 Å². The van der Waals surface area contributed by atoms with Crippen LogP contribution in [-0.4, -0.2) is 31.0 Å². The van der Waals surface area contributed by atoms with Crippen molar-refractivity contribution in [2.75, 3.05) is 11.2 Å². The van der Waals surface area contributed by atoms with Crippen molar-refractivity contribution in [3.05, 3.63) is 72.2 Å². The van der Waals surface area contributed by atoms with Gasteiger partial charge in [-0.15, -0.1) is 10.2 Å². The van der Waals surface area contributed by atoms with Crippen molar-refractivity contribution < 1.29 is 9.53 Å². The van der Waals surface area contributed by atoms with Crippen LogP contribution in [0, 0.1) is 0 Å². The van der Waals surface area contributed by atoms with Gasteiger partial charge in [0.1, 0.15) is 12.4 Å². The van der Waals surface area contributed by atoms with Gasteiger partial charge in [0.05, 0.1) is 16.5 Å². The topological polar surface area (TPSA) is 108 Å². The quantitative estimate of drug-likeness (QED) is 0.298. The summed E-state index contributed by atoms with van der Waals surface area (Å²) in [6, 6.07) is 17.4. The van der Waals surface area contributed by atoms with Crippen molar-refractivity contribution in [2.45, 2.75) is 50.1 Å². The molecule has 176 valence electrons. The Labute approximate surface area is 202 Å². The van der Waals surface area contributed by atoms with Gasteiger partial charge in [0.15, 0.2) is 5.82 Å². The highest BCUT2D eigenvalue weighted by molar-refractivity contribution is 8.00. The molecule has 1 unspecified atom stereocenters.